The number of esters is 1. The predicted molar refractivity (Wildman–Crippen MR) is 52.2 cm³/mol. The lowest BCUT2D eigenvalue weighted by molar-refractivity contribution is -0.145. The maximum Gasteiger partial charge on any atom is 0.333 e. The number of carbonyl (C=O) groups excluding carboxylic acids is 1. The molecule has 1 aromatic carbocycles. The van der Waals surface area contributed by atoms with E-state index in [9.17, 15) is 4.79 Å². The van der Waals surface area contributed by atoms with Crippen LogP contribution < -0.4 is 5.73 Å². The highest BCUT2D eigenvalue weighted by atomic mass is 16.6. The first kappa shape index (κ1) is 8.81. The van der Waals surface area contributed by atoms with Crippen molar-refractivity contribution in [1.82, 2.24) is 0 Å². The smallest absolute Gasteiger partial charge is 0.333 e. The molecule has 1 atom stereocenters. The van der Waals surface area contributed by atoms with Gasteiger partial charge in [-0.1, -0.05) is 30.3 Å². The Morgan fingerprint density at radius 1 is 1.29 bits per heavy atom. The number of hydrogen-bond acceptors (Lipinski definition) is 3. The molecule has 0 bridgehead atoms. The molecule has 0 radical (unpaired) electrons. The van der Waals surface area contributed by atoms with Gasteiger partial charge in [-0.15, -0.1) is 0 Å². The van der Waals surface area contributed by atoms with Crippen molar-refractivity contribution in [3.63, 3.8) is 0 Å². The summed E-state index contributed by atoms with van der Waals surface area (Å²) < 4.78 is 5.19. The molecule has 72 valence electrons. The number of nitrogens with two attached hydrogens (primary N) is 1. The zero-order valence-electron chi connectivity index (χ0n) is 7.86. The van der Waals surface area contributed by atoms with Crippen LogP contribution in [0.4, 0.5) is 0 Å². The molecule has 0 saturated heterocycles. The van der Waals surface area contributed by atoms with Crippen molar-refractivity contribution in [1.29, 1.82) is 0 Å². The molecular formula is C11H11NO2. The molecule has 3 heteroatoms. The van der Waals surface area contributed by atoms with Crippen molar-refractivity contribution in [2.75, 3.05) is 0 Å². The highest BCUT2D eigenvalue weighted by Gasteiger charge is 2.38. The zero-order valence-corrected chi connectivity index (χ0v) is 7.86. The van der Waals surface area contributed by atoms with Crippen LogP contribution in [-0.4, -0.2) is 5.97 Å². The minimum absolute atomic E-state index is 0.381. The van der Waals surface area contributed by atoms with Crippen LogP contribution in [0.25, 0.3) is 0 Å². The van der Waals surface area contributed by atoms with Gasteiger partial charge in [0.15, 0.2) is 5.60 Å². The van der Waals surface area contributed by atoms with Crippen molar-refractivity contribution < 1.29 is 9.53 Å². The van der Waals surface area contributed by atoms with Crippen LogP contribution in [0.5, 0.6) is 0 Å². The van der Waals surface area contributed by atoms with Gasteiger partial charge in [0.05, 0.1) is 5.70 Å². The lowest BCUT2D eigenvalue weighted by atomic mass is 9.94. The van der Waals surface area contributed by atoms with Crippen LogP contribution in [0.3, 0.4) is 0 Å². The van der Waals surface area contributed by atoms with Gasteiger partial charge in [-0.25, -0.2) is 4.79 Å². The summed E-state index contributed by atoms with van der Waals surface area (Å²) in [5, 5.41) is 0. The Labute approximate surface area is 82.2 Å². The van der Waals surface area contributed by atoms with Crippen LogP contribution in [0.15, 0.2) is 42.1 Å². The lowest BCUT2D eigenvalue weighted by Gasteiger charge is -2.24. The molecule has 0 aromatic heterocycles. The zero-order chi connectivity index (χ0) is 10.2. The molecule has 1 aliphatic heterocycles. The second-order valence-corrected chi connectivity index (χ2v) is 3.42. The van der Waals surface area contributed by atoms with Crippen LogP contribution >= 0.6 is 0 Å². The Bertz CT molecular complexity index is 397. The average molecular weight is 189 g/mol. The SMILES string of the molecule is CC1(c2ccccc2)OC(=O)C=C1N. The molecule has 0 fully saturated rings. The number of ether oxygens (including phenoxy) is 1. The van der Waals surface area contributed by atoms with Crippen molar-refractivity contribution >= 4 is 5.97 Å². The van der Waals surface area contributed by atoms with E-state index in [0.717, 1.165) is 5.56 Å². The van der Waals surface area contributed by atoms with Crippen LogP contribution in [-0.2, 0) is 15.1 Å². The van der Waals surface area contributed by atoms with E-state index >= 15 is 0 Å². The van der Waals surface area contributed by atoms with E-state index in [2.05, 4.69) is 0 Å². The second-order valence-electron chi connectivity index (χ2n) is 3.42. The second kappa shape index (κ2) is 2.87. The summed E-state index contributed by atoms with van der Waals surface area (Å²) in [4.78, 5) is 11.1. The molecule has 0 aliphatic carbocycles. The fourth-order valence-electron chi connectivity index (χ4n) is 1.54. The van der Waals surface area contributed by atoms with E-state index in [1.54, 1.807) is 6.92 Å². The van der Waals surface area contributed by atoms with Gasteiger partial charge in [-0.05, 0) is 6.92 Å². The van der Waals surface area contributed by atoms with E-state index in [1.165, 1.54) is 6.08 Å². The predicted octanol–water partition coefficient (Wildman–Crippen LogP) is 1.30. The molecule has 3 nitrogen and oxygen atoms in total. The highest BCUT2D eigenvalue weighted by Crippen LogP contribution is 2.34. The number of cyclic esters (lactones) is 1. The van der Waals surface area contributed by atoms with Gasteiger partial charge in [-0.3, -0.25) is 0 Å². The van der Waals surface area contributed by atoms with Gasteiger partial charge in [0, 0.05) is 11.6 Å². The van der Waals surface area contributed by atoms with Gasteiger partial charge in [0.25, 0.3) is 0 Å². The summed E-state index contributed by atoms with van der Waals surface area (Å²) >= 11 is 0. The van der Waals surface area contributed by atoms with Gasteiger partial charge in [0.1, 0.15) is 0 Å². The number of benzene rings is 1. The fraction of sp³-hybridized carbons (Fsp3) is 0.182. The first-order chi connectivity index (χ1) is 6.63. The largest absolute Gasteiger partial charge is 0.445 e. The standard InChI is InChI=1S/C11H11NO2/c1-11(8-5-3-2-4-6-8)9(12)7-10(13)14-11/h2-7H,12H2,1H3. The number of rotatable bonds is 1. The molecule has 0 spiro atoms. The average Bonchev–Trinajstić information content (AvgIpc) is 2.43. The maximum atomic E-state index is 11.1. The minimum Gasteiger partial charge on any atom is -0.445 e. The molecule has 1 aromatic rings. The maximum absolute atomic E-state index is 11.1. The van der Waals surface area contributed by atoms with Crippen molar-refractivity contribution in [3.05, 3.63) is 47.7 Å². The van der Waals surface area contributed by atoms with Crippen LogP contribution in [0, 0.1) is 0 Å². The monoisotopic (exact) mass is 189 g/mol. The third kappa shape index (κ3) is 1.18. The molecule has 2 N–H and O–H groups in total. The quantitative estimate of drug-likeness (QED) is 0.677. The van der Waals surface area contributed by atoms with Crippen molar-refractivity contribution in [2.24, 2.45) is 5.73 Å². The van der Waals surface area contributed by atoms with Gasteiger partial charge in [-0.2, -0.15) is 0 Å². The molecule has 14 heavy (non-hydrogen) atoms. The minimum atomic E-state index is -0.793. The fourth-order valence-corrected chi connectivity index (χ4v) is 1.54. The van der Waals surface area contributed by atoms with E-state index in [4.69, 9.17) is 10.5 Å². The summed E-state index contributed by atoms with van der Waals surface area (Å²) in [5.41, 5.74) is 6.30. The van der Waals surface area contributed by atoms with Crippen LogP contribution in [0.2, 0.25) is 0 Å². The van der Waals surface area contributed by atoms with Crippen molar-refractivity contribution in [2.45, 2.75) is 12.5 Å². The van der Waals surface area contributed by atoms with Crippen LogP contribution in [0.1, 0.15) is 12.5 Å². The molecule has 0 amide bonds. The van der Waals surface area contributed by atoms with E-state index in [1.807, 2.05) is 30.3 Å². The normalized spacial score (nSPS) is 25.8. The van der Waals surface area contributed by atoms with E-state index in [0.29, 0.717) is 5.70 Å². The molecule has 2 rings (SSSR count). The third-order valence-corrected chi connectivity index (χ3v) is 2.45. The Morgan fingerprint density at radius 3 is 2.43 bits per heavy atom. The Hall–Kier alpha value is -1.77. The summed E-state index contributed by atoms with van der Waals surface area (Å²) in [6.07, 6.45) is 1.33. The molecule has 1 unspecified atom stereocenters. The van der Waals surface area contributed by atoms with Gasteiger partial charge in [0.2, 0.25) is 0 Å². The Kier molecular flexibility index (Phi) is 1.81. The first-order valence-corrected chi connectivity index (χ1v) is 4.39. The Balaban J connectivity index is 2.45. The van der Waals surface area contributed by atoms with E-state index < -0.39 is 5.60 Å². The number of carbonyl (C=O) groups is 1. The molecule has 1 heterocycles. The third-order valence-electron chi connectivity index (χ3n) is 2.45. The summed E-state index contributed by atoms with van der Waals surface area (Å²) in [5.74, 6) is -0.381. The van der Waals surface area contributed by atoms with E-state index in [-0.39, 0.29) is 5.97 Å². The topological polar surface area (TPSA) is 52.3 Å². The number of hydrogen-bond donors (Lipinski definition) is 1. The molecule has 1 aliphatic rings. The lowest BCUT2D eigenvalue weighted by Crippen LogP contribution is -2.28. The summed E-state index contributed by atoms with van der Waals surface area (Å²) in [7, 11) is 0. The Morgan fingerprint density at radius 2 is 1.93 bits per heavy atom. The van der Waals surface area contributed by atoms with Gasteiger partial charge < -0.3 is 10.5 Å². The summed E-state index contributed by atoms with van der Waals surface area (Å²) in [6.45, 7) is 1.79. The highest BCUT2D eigenvalue weighted by molar-refractivity contribution is 5.86. The van der Waals surface area contributed by atoms with Crippen molar-refractivity contribution in [3.8, 4) is 0 Å². The summed E-state index contributed by atoms with van der Waals surface area (Å²) in [6, 6.07) is 9.46. The van der Waals surface area contributed by atoms with Gasteiger partial charge >= 0.3 is 5.97 Å². The molecule has 0 saturated carbocycles. The first-order valence-electron chi connectivity index (χ1n) is 4.39. The molecular weight excluding hydrogens is 178 g/mol.